The van der Waals surface area contributed by atoms with Gasteiger partial charge < -0.3 is 10.6 Å². The molecule has 0 unspecified atom stereocenters. The summed E-state index contributed by atoms with van der Waals surface area (Å²) in [5.74, 6) is 0.815. The molecule has 0 bridgehead atoms. The zero-order valence-electron chi connectivity index (χ0n) is 13.7. The van der Waals surface area contributed by atoms with Crippen molar-refractivity contribution in [2.45, 2.75) is 37.2 Å². The molecule has 1 aliphatic rings. The monoisotopic (exact) mass is 452 g/mol. The number of nitrogens with zero attached hydrogens (tertiary/aromatic N) is 2. The fourth-order valence-corrected chi connectivity index (χ4v) is 2.79. The number of hydrogen-bond acceptors (Lipinski definition) is 3. The van der Waals surface area contributed by atoms with Crippen LogP contribution in [0.5, 0.6) is 0 Å². The van der Waals surface area contributed by atoms with Gasteiger partial charge in [0.25, 0.3) is 0 Å². The van der Waals surface area contributed by atoms with E-state index in [1.54, 1.807) is 24.3 Å². The number of guanidine groups is 1. The van der Waals surface area contributed by atoms with Gasteiger partial charge in [-0.15, -0.1) is 24.0 Å². The maximum Gasteiger partial charge on any atom is 0.242 e. The minimum Gasteiger partial charge on any atom is -0.357 e. The SMILES string of the molecule is CCNC(=NCc1ccc(S(=O)(=O)N(C)C)cc1)NC1CC1.I. The number of rotatable bonds is 6. The van der Waals surface area contributed by atoms with E-state index in [1.807, 2.05) is 6.92 Å². The molecule has 23 heavy (non-hydrogen) atoms. The van der Waals surface area contributed by atoms with Gasteiger partial charge in [0.15, 0.2) is 5.96 Å². The van der Waals surface area contributed by atoms with Crippen molar-refractivity contribution >= 4 is 40.0 Å². The Balaban J connectivity index is 0.00000264. The van der Waals surface area contributed by atoms with Crippen molar-refractivity contribution in [3.63, 3.8) is 0 Å². The van der Waals surface area contributed by atoms with E-state index in [9.17, 15) is 8.42 Å². The lowest BCUT2D eigenvalue weighted by molar-refractivity contribution is 0.520. The van der Waals surface area contributed by atoms with Gasteiger partial charge in [0.05, 0.1) is 11.4 Å². The third-order valence-corrected chi connectivity index (χ3v) is 5.21. The van der Waals surface area contributed by atoms with Crippen LogP contribution in [0.15, 0.2) is 34.2 Å². The lowest BCUT2D eigenvalue weighted by Crippen LogP contribution is -2.38. The van der Waals surface area contributed by atoms with Gasteiger partial charge in [-0.3, -0.25) is 0 Å². The fraction of sp³-hybridized carbons (Fsp3) is 0.533. The predicted octanol–water partition coefficient (Wildman–Crippen LogP) is 1.77. The second-order valence-electron chi connectivity index (χ2n) is 5.55. The molecular formula is C15H25IN4O2S. The van der Waals surface area contributed by atoms with Crippen molar-refractivity contribution in [3.05, 3.63) is 29.8 Å². The molecule has 1 aliphatic carbocycles. The number of halogens is 1. The lowest BCUT2D eigenvalue weighted by Gasteiger charge is -2.12. The van der Waals surface area contributed by atoms with Crippen molar-refractivity contribution in [1.29, 1.82) is 0 Å². The average Bonchev–Trinajstić information content (AvgIpc) is 3.29. The van der Waals surface area contributed by atoms with Crippen LogP contribution in [-0.4, -0.2) is 45.4 Å². The first-order valence-electron chi connectivity index (χ1n) is 7.50. The van der Waals surface area contributed by atoms with Crippen LogP contribution in [0.4, 0.5) is 0 Å². The molecular weight excluding hydrogens is 427 g/mol. The maximum atomic E-state index is 12.0. The topological polar surface area (TPSA) is 73.8 Å². The van der Waals surface area contributed by atoms with Crippen LogP contribution in [0.1, 0.15) is 25.3 Å². The van der Waals surface area contributed by atoms with E-state index in [-0.39, 0.29) is 24.0 Å². The first-order valence-corrected chi connectivity index (χ1v) is 8.94. The van der Waals surface area contributed by atoms with Crippen molar-refractivity contribution in [1.82, 2.24) is 14.9 Å². The third-order valence-electron chi connectivity index (χ3n) is 3.38. The number of benzene rings is 1. The van der Waals surface area contributed by atoms with E-state index >= 15 is 0 Å². The third kappa shape index (κ3) is 5.92. The van der Waals surface area contributed by atoms with Gasteiger partial charge in [-0.05, 0) is 37.5 Å². The molecule has 1 saturated carbocycles. The van der Waals surface area contributed by atoms with Gasteiger partial charge >= 0.3 is 0 Å². The molecule has 0 radical (unpaired) electrons. The Hall–Kier alpha value is -0.870. The van der Waals surface area contributed by atoms with E-state index < -0.39 is 10.0 Å². The maximum absolute atomic E-state index is 12.0. The van der Waals surface area contributed by atoms with E-state index in [0.29, 0.717) is 17.5 Å². The molecule has 0 atom stereocenters. The summed E-state index contributed by atoms with van der Waals surface area (Å²) in [6, 6.07) is 7.41. The molecule has 130 valence electrons. The zero-order chi connectivity index (χ0) is 16.2. The number of nitrogens with one attached hydrogen (secondary N) is 2. The largest absolute Gasteiger partial charge is 0.357 e. The van der Waals surface area contributed by atoms with Gasteiger partial charge in [-0.1, -0.05) is 12.1 Å². The van der Waals surface area contributed by atoms with E-state index in [4.69, 9.17) is 0 Å². The standard InChI is InChI=1S/C15H24N4O2S.HI/c1-4-16-15(18-13-7-8-13)17-11-12-5-9-14(10-6-12)22(20,21)19(2)3;/h5-6,9-10,13H,4,7-8,11H2,1-3H3,(H2,16,17,18);1H. The number of aliphatic imine (C=N–C) groups is 1. The lowest BCUT2D eigenvalue weighted by atomic mass is 10.2. The minimum absolute atomic E-state index is 0. The molecule has 6 nitrogen and oxygen atoms in total. The Kier molecular flexibility index (Phi) is 7.75. The van der Waals surface area contributed by atoms with Crippen molar-refractivity contribution in [2.24, 2.45) is 4.99 Å². The molecule has 0 spiro atoms. The Morgan fingerprint density at radius 2 is 1.87 bits per heavy atom. The van der Waals surface area contributed by atoms with Crippen LogP contribution in [0.25, 0.3) is 0 Å². The van der Waals surface area contributed by atoms with Crippen molar-refractivity contribution in [2.75, 3.05) is 20.6 Å². The van der Waals surface area contributed by atoms with Gasteiger partial charge in [0.2, 0.25) is 10.0 Å². The number of hydrogen-bond donors (Lipinski definition) is 2. The van der Waals surface area contributed by atoms with Gasteiger partial charge in [0.1, 0.15) is 0 Å². The Labute approximate surface area is 155 Å². The van der Waals surface area contributed by atoms with Crippen LogP contribution in [-0.2, 0) is 16.6 Å². The summed E-state index contributed by atoms with van der Waals surface area (Å²) >= 11 is 0. The highest BCUT2D eigenvalue weighted by molar-refractivity contribution is 14.0. The van der Waals surface area contributed by atoms with Gasteiger partial charge in [0, 0.05) is 26.7 Å². The fourth-order valence-electron chi connectivity index (χ4n) is 1.89. The van der Waals surface area contributed by atoms with E-state index in [2.05, 4.69) is 15.6 Å². The molecule has 2 rings (SSSR count). The summed E-state index contributed by atoms with van der Waals surface area (Å²) < 4.78 is 25.2. The summed E-state index contributed by atoms with van der Waals surface area (Å²) in [5.41, 5.74) is 0.978. The zero-order valence-corrected chi connectivity index (χ0v) is 16.9. The minimum atomic E-state index is -3.37. The van der Waals surface area contributed by atoms with E-state index in [0.717, 1.165) is 18.1 Å². The first kappa shape index (κ1) is 20.2. The Morgan fingerprint density at radius 3 is 2.35 bits per heavy atom. The molecule has 1 aromatic carbocycles. The molecule has 0 aromatic heterocycles. The van der Waals surface area contributed by atoms with Crippen molar-refractivity contribution in [3.8, 4) is 0 Å². The summed E-state index contributed by atoms with van der Waals surface area (Å²) in [7, 11) is -0.313. The molecule has 1 fully saturated rings. The Bertz CT molecular complexity index is 625. The number of sulfonamides is 1. The van der Waals surface area contributed by atoms with Gasteiger partial charge in [-0.25, -0.2) is 17.7 Å². The molecule has 0 heterocycles. The van der Waals surface area contributed by atoms with E-state index in [1.165, 1.54) is 31.2 Å². The molecule has 1 aromatic rings. The quantitative estimate of drug-likeness (QED) is 0.392. The van der Waals surface area contributed by atoms with Crippen LogP contribution in [0.2, 0.25) is 0 Å². The molecule has 0 amide bonds. The summed E-state index contributed by atoms with van der Waals surface area (Å²) in [6.45, 7) is 3.37. The highest BCUT2D eigenvalue weighted by atomic mass is 127. The molecule has 8 heteroatoms. The normalized spacial score (nSPS) is 15.2. The van der Waals surface area contributed by atoms with Crippen molar-refractivity contribution < 1.29 is 8.42 Å². The van der Waals surface area contributed by atoms with Crippen LogP contribution >= 0.6 is 24.0 Å². The smallest absolute Gasteiger partial charge is 0.242 e. The van der Waals surface area contributed by atoms with Crippen LogP contribution < -0.4 is 10.6 Å². The Morgan fingerprint density at radius 1 is 1.26 bits per heavy atom. The highest BCUT2D eigenvalue weighted by Crippen LogP contribution is 2.18. The summed E-state index contributed by atoms with van der Waals surface area (Å²) in [4.78, 5) is 4.82. The second kappa shape index (κ2) is 8.84. The van der Waals surface area contributed by atoms with Gasteiger partial charge in [-0.2, -0.15) is 0 Å². The molecule has 0 aliphatic heterocycles. The van der Waals surface area contributed by atoms with Crippen LogP contribution in [0.3, 0.4) is 0 Å². The first-order chi connectivity index (χ1) is 10.4. The highest BCUT2D eigenvalue weighted by Gasteiger charge is 2.22. The predicted molar refractivity (Wildman–Crippen MR) is 104 cm³/mol. The molecule has 2 N–H and O–H groups in total. The second-order valence-corrected chi connectivity index (χ2v) is 7.70. The summed E-state index contributed by atoms with van der Waals surface area (Å²) in [5, 5.41) is 6.56. The summed E-state index contributed by atoms with van der Waals surface area (Å²) in [6.07, 6.45) is 2.39. The van der Waals surface area contributed by atoms with Crippen LogP contribution in [0, 0.1) is 0 Å². The molecule has 0 saturated heterocycles. The average molecular weight is 452 g/mol.